The third-order valence-corrected chi connectivity index (χ3v) is 6.54. The number of benzene rings is 1. The van der Waals surface area contributed by atoms with Gasteiger partial charge in [0.25, 0.3) is 0 Å². The van der Waals surface area contributed by atoms with Crippen molar-refractivity contribution in [1.29, 1.82) is 0 Å². The Morgan fingerprint density at radius 2 is 1.65 bits per heavy atom. The Balaban J connectivity index is 1.42. The Morgan fingerprint density at radius 1 is 0.973 bits per heavy atom. The van der Waals surface area contributed by atoms with Gasteiger partial charge in [-0.15, -0.1) is 0 Å². The molecule has 0 radical (unpaired) electrons. The van der Waals surface area contributed by atoms with Gasteiger partial charge in [0.1, 0.15) is 11.5 Å². The molecule has 3 aromatic rings. The highest BCUT2D eigenvalue weighted by atomic mass is 19.4. The van der Waals surface area contributed by atoms with Crippen LogP contribution in [0.25, 0.3) is 11.9 Å². The average molecular weight is 516 g/mol. The number of pyridine rings is 1. The third-order valence-electron chi connectivity index (χ3n) is 6.54. The molecular formula is C28H33F4N5. The van der Waals surface area contributed by atoms with Gasteiger partial charge in [-0.3, -0.25) is 9.58 Å². The fourth-order valence-electron chi connectivity index (χ4n) is 4.38. The highest BCUT2D eigenvalue weighted by Gasteiger charge is 2.32. The molecular weight excluding hydrogens is 482 g/mol. The number of halogens is 4. The Labute approximate surface area is 215 Å². The summed E-state index contributed by atoms with van der Waals surface area (Å²) in [6, 6.07) is 13.4. The predicted molar refractivity (Wildman–Crippen MR) is 139 cm³/mol. The summed E-state index contributed by atoms with van der Waals surface area (Å²) in [4.78, 5) is 7.82. The minimum Gasteiger partial charge on any atom is -0.354 e. The number of anilines is 1. The van der Waals surface area contributed by atoms with Crippen LogP contribution in [0.5, 0.6) is 0 Å². The molecule has 1 aliphatic rings. The van der Waals surface area contributed by atoms with E-state index in [0.29, 0.717) is 32.7 Å². The van der Waals surface area contributed by atoms with Crippen LogP contribution in [0.3, 0.4) is 0 Å². The van der Waals surface area contributed by atoms with Gasteiger partial charge < -0.3 is 4.90 Å². The van der Waals surface area contributed by atoms with Crippen LogP contribution in [-0.2, 0) is 12.0 Å². The maximum absolute atomic E-state index is 15.0. The van der Waals surface area contributed by atoms with E-state index in [1.807, 2.05) is 48.2 Å². The molecule has 0 atom stereocenters. The number of rotatable bonds is 6. The first-order valence-electron chi connectivity index (χ1n) is 12.4. The maximum atomic E-state index is 15.0. The second-order valence-electron chi connectivity index (χ2n) is 10.6. The molecule has 1 saturated heterocycles. The van der Waals surface area contributed by atoms with Crippen molar-refractivity contribution in [3.63, 3.8) is 0 Å². The monoisotopic (exact) mass is 515 g/mol. The van der Waals surface area contributed by atoms with E-state index in [0.717, 1.165) is 22.6 Å². The van der Waals surface area contributed by atoms with Crippen molar-refractivity contribution in [3.05, 3.63) is 76.7 Å². The van der Waals surface area contributed by atoms with Crippen molar-refractivity contribution in [3.8, 4) is 0 Å². The molecule has 0 aliphatic carbocycles. The molecule has 0 N–H and O–H groups in total. The van der Waals surface area contributed by atoms with Crippen LogP contribution >= 0.6 is 0 Å². The third kappa shape index (κ3) is 7.19. The normalized spacial score (nSPS) is 15.9. The number of nitrogens with zero attached hydrogens (tertiary/aromatic N) is 5. The molecule has 0 spiro atoms. The number of aromatic nitrogens is 3. The van der Waals surface area contributed by atoms with Crippen molar-refractivity contribution in [2.24, 2.45) is 0 Å². The fraction of sp³-hybridized carbons (Fsp3) is 0.429. The second-order valence-corrected chi connectivity index (χ2v) is 10.6. The van der Waals surface area contributed by atoms with Crippen LogP contribution in [0.15, 0.2) is 48.7 Å². The molecule has 0 amide bonds. The zero-order valence-electron chi connectivity index (χ0n) is 21.7. The van der Waals surface area contributed by atoms with Crippen LogP contribution < -0.4 is 4.90 Å². The second kappa shape index (κ2) is 10.7. The fourth-order valence-corrected chi connectivity index (χ4v) is 4.38. The van der Waals surface area contributed by atoms with Crippen molar-refractivity contribution < 1.29 is 17.6 Å². The lowest BCUT2D eigenvalue weighted by atomic mass is 9.87. The zero-order chi connectivity index (χ0) is 26.8. The Kier molecular flexibility index (Phi) is 7.73. The molecule has 1 aliphatic heterocycles. The van der Waals surface area contributed by atoms with E-state index in [-0.39, 0.29) is 11.1 Å². The lowest BCUT2D eigenvalue weighted by molar-refractivity contribution is -0.146. The van der Waals surface area contributed by atoms with Gasteiger partial charge in [-0.25, -0.2) is 9.37 Å². The Bertz CT molecular complexity index is 1230. The van der Waals surface area contributed by atoms with Gasteiger partial charge >= 0.3 is 6.18 Å². The van der Waals surface area contributed by atoms with E-state index in [1.54, 1.807) is 16.9 Å². The van der Waals surface area contributed by atoms with Gasteiger partial charge in [0.2, 0.25) is 0 Å². The summed E-state index contributed by atoms with van der Waals surface area (Å²) in [6.45, 7) is 9.45. The topological polar surface area (TPSA) is 37.2 Å². The van der Waals surface area contributed by atoms with Gasteiger partial charge in [-0.05, 0) is 53.3 Å². The molecule has 0 saturated carbocycles. The first-order chi connectivity index (χ1) is 17.4. The maximum Gasteiger partial charge on any atom is 0.401 e. The van der Waals surface area contributed by atoms with E-state index in [1.165, 1.54) is 16.5 Å². The van der Waals surface area contributed by atoms with E-state index in [9.17, 15) is 13.2 Å². The molecule has 0 unspecified atom stereocenters. The van der Waals surface area contributed by atoms with Crippen molar-refractivity contribution in [1.82, 2.24) is 19.7 Å². The summed E-state index contributed by atoms with van der Waals surface area (Å²) in [7, 11) is 0. The minimum absolute atomic E-state index is 0.0327. The van der Waals surface area contributed by atoms with Crippen LogP contribution in [0, 0.1) is 6.92 Å². The molecule has 0 bridgehead atoms. The molecule has 4 rings (SSSR count). The molecule has 5 nitrogen and oxygen atoms in total. The first kappa shape index (κ1) is 26.9. The zero-order valence-corrected chi connectivity index (χ0v) is 21.7. The first-order valence-corrected chi connectivity index (χ1v) is 12.4. The molecule has 3 heterocycles. The van der Waals surface area contributed by atoms with Gasteiger partial charge in [-0.1, -0.05) is 45.0 Å². The number of piperazine rings is 1. The van der Waals surface area contributed by atoms with Crippen LogP contribution in [0.4, 0.5) is 23.4 Å². The molecule has 37 heavy (non-hydrogen) atoms. The summed E-state index contributed by atoms with van der Waals surface area (Å²) in [6.07, 6.45) is -1.01. The number of hydrogen-bond donors (Lipinski definition) is 0. The van der Waals surface area contributed by atoms with Crippen molar-refractivity contribution in [2.75, 3.05) is 37.6 Å². The van der Waals surface area contributed by atoms with Crippen molar-refractivity contribution >= 4 is 17.7 Å². The van der Waals surface area contributed by atoms with E-state index in [2.05, 4.69) is 30.9 Å². The van der Waals surface area contributed by atoms with E-state index in [4.69, 9.17) is 0 Å². The largest absolute Gasteiger partial charge is 0.401 e. The van der Waals surface area contributed by atoms with Crippen molar-refractivity contribution in [2.45, 2.75) is 45.8 Å². The quantitative estimate of drug-likeness (QED) is 0.373. The molecule has 1 fully saturated rings. The van der Waals surface area contributed by atoms with Crippen LogP contribution in [0.1, 0.15) is 48.8 Å². The summed E-state index contributed by atoms with van der Waals surface area (Å²) in [5, 5.41) is 4.47. The molecule has 198 valence electrons. The molecule has 2 aromatic heterocycles. The van der Waals surface area contributed by atoms with Gasteiger partial charge in [-0.2, -0.15) is 18.3 Å². The number of hydrogen-bond acceptors (Lipinski definition) is 4. The van der Waals surface area contributed by atoms with E-state index < -0.39 is 18.5 Å². The Hall–Kier alpha value is -3.20. The standard InChI is InChI=1S/C28H33F4N5/c1-20-15-25(24(29)16-21-5-7-23(8-6-21)27(2,3)4)34-37(20)18-22-9-10-33-26(17-22)36-13-11-35(12-14-36)19-28(30,31)32/h5-10,15-17H,11-14,18-19H2,1-4H3. The minimum atomic E-state index is -4.19. The van der Waals surface area contributed by atoms with E-state index >= 15 is 4.39 Å². The van der Waals surface area contributed by atoms with Crippen LogP contribution in [-0.4, -0.2) is 58.6 Å². The van der Waals surface area contributed by atoms with Gasteiger partial charge in [0.05, 0.1) is 13.1 Å². The summed E-state index contributed by atoms with van der Waals surface area (Å²) in [5.41, 5.74) is 4.01. The lowest BCUT2D eigenvalue weighted by Crippen LogP contribution is -2.49. The predicted octanol–water partition coefficient (Wildman–Crippen LogP) is 6.08. The SMILES string of the molecule is Cc1cc(C(F)=Cc2ccc(C(C)(C)C)cc2)nn1Cc1ccnc(N2CCN(CC(F)(F)F)CC2)c1. The highest BCUT2D eigenvalue weighted by molar-refractivity contribution is 5.75. The number of alkyl halides is 3. The molecule has 9 heteroatoms. The lowest BCUT2D eigenvalue weighted by Gasteiger charge is -2.35. The number of aryl methyl sites for hydroxylation is 1. The molecule has 1 aromatic carbocycles. The summed E-state index contributed by atoms with van der Waals surface area (Å²) in [5.74, 6) is 0.316. The highest BCUT2D eigenvalue weighted by Crippen LogP contribution is 2.25. The summed E-state index contributed by atoms with van der Waals surface area (Å²) >= 11 is 0. The van der Waals surface area contributed by atoms with Gasteiger partial charge in [0, 0.05) is 38.1 Å². The smallest absolute Gasteiger partial charge is 0.354 e. The van der Waals surface area contributed by atoms with Gasteiger partial charge in [0.15, 0.2) is 5.83 Å². The average Bonchev–Trinajstić information content (AvgIpc) is 3.19. The summed E-state index contributed by atoms with van der Waals surface area (Å²) < 4.78 is 54.8. The Morgan fingerprint density at radius 3 is 2.27 bits per heavy atom. The van der Waals surface area contributed by atoms with Crippen LogP contribution in [0.2, 0.25) is 0 Å².